The molecule has 2 aromatic rings. The van der Waals surface area contributed by atoms with Gasteiger partial charge in [0, 0.05) is 25.8 Å². The molecule has 4 heteroatoms. The molecule has 130 valence electrons. The highest BCUT2D eigenvalue weighted by Crippen LogP contribution is 2.37. The number of hydrogen-bond donors (Lipinski definition) is 1. The minimum atomic E-state index is -3.25. The summed E-state index contributed by atoms with van der Waals surface area (Å²) in [5.74, 6) is -1.42. The number of carboxylic acid groups (broad SMARTS) is 1. The third kappa shape index (κ3) is 4.09. The van der Waals surface area contributed by atoms with Gasteiger partial charge in [0.25, 0.3) is 0 Å². The summed E-state index contributed by atoms with van der Waals surface area (Å²) < 4.78 is 83.5. The summed E-state index contributed by atoms with van der Waals surface area (Å²) in [5, 5.41) is 9.32. The van der Waals surface area contributed by atoms with Gasteiger partial charge in [0.1, 0.15) is 12.4 Å². The molecule has 3 rings (SSSR count). The van der Waals surface area contributed by atoms with Crippen molar-refractivity contribution in [3.8, 4) is 5.75 Å². The van der Waals surface area contributed by atoms with Crippen molar-refractivity contribution in [2.75, 3.05) is 20.4 Å². The smallest absolute Gasteiger partial charge is 0.307 e. The average molecular weight is 347 g/mol. The normalized spacial score (nSPS) is 22.7. The van der Waals surface area contributed by atoms with Crippen LogP contribution in [0.4, 0.5) is 0 Å². The Kier molecular flexibility index (Phi) is 2.61. The average Bonchev–Trinajstić information content (AvgIpc) is 2.86. The van der Waals surface area contributed by atoms with E-state index in [1.807, 2.05) is 0 Å². The lowest BCUT2D eigenvalue weighted by Gasteiger charge is -2.13. The molecule has 0 aromatic heterocycles. The molecule has 4 nitrogen and oxygen atoms in total. The number of ether oxygens (including phenoxy) is 1. The van der Waals surface area contributed by atoms with Crippen molar-refractivity contribution in [3.05, 3.63) is 70.8 Å². The van der Waals surface area contributed by atoms with Gasteiger partial charge in [0.05, 0.1) is 6.37 Å². The molecule has 25 heavy (non-hydrogen) atoms. The molecule has 0 radical (unpaired) electrons. The van der Waals surface area contributed by atoms with Crippen LogP contribution in [0.3, 0.4) is 0 Å². The van der Waals surface area contributed by atoms with E-state index in [0.29, 0.717) is 16.7 Å². The number of benzene rings is 2. The summed E-state index contributed by atoms with van der Waals surface area (Å²) in [7, 11) is 0. The molecular formula is C21H23NO3. The zero-order chi connectivity index (χ0) is 26.4. The van der Waals surface area contributed by atoms with E-state index in [1.54, 1.807) is 24.3 Å². The molecule has 0 unspecified atom stereocenters. The van der Waals surface area contributed by atoms with Gasteiger partial charge in [0.15, 0.2) is 0 Å². The summed E-state index contributed by atoms with van der Waals surface area (Å²) in [6.45, 7) is -9.20. The lowest BCUT2D eigenvalue weighted by Crippen LogP contribution is -2.12. The molecule has 1 aliphatic rings. The minimum absolute atomic E-state index is 0.120. The van der Waals surface area contributed by atoms with Crippen LogP contribution in [0.1, 0.15) is 42.4 Å². The summed E-state index contributed by atoms with van der Waals surface area (Å²) >= 11 is 0. The Hall–Kier alpha value is -2.59. The van der Waals surface area contributed by atoms with Crippen molar-refractivity contribution < 1.29 is 28.3 Å². The van der Waals surface area contributed by atoms with Crippen molar-refractivity contribution in [3.63, 3.8) is 0 Å². The Balaban J connectivity index is 2.19. The molecule has 0 saturated carbocycles. The summed E-state index contributed by atoms with van der Waals surface area (Å²) in [4.78, 5) is 11.3. The number of carbonyl (C=O) groups is 1. The van der Waals surface area contributed by atoms with Gasteiger partial charge in [-0.15, -0.1) is 0 Å². The van der Waals surface area contributed by atoms with Gasteiger partial charge >= 0.3 is 5.97 Å². The third-order valence-corrected chi connectivity index (χ3v) is 3.77. The lowest BCUT2D eigenvalue weighted by atomic mass is 9.92. The maximum Gasteiger partial charge on any atom is 0.307 e. The SMILES string of the molecule is [2H]C([2H])(C(=O)O)c1ccc2c(c1)/C(=C/CC([2H])([2H])N(C([2H])([2H])[2H])C([2H])([2H])[2H])c1ccccc1CO2. The number of rotatable bonds is 5. The molecular weight excluding hydrogens is 314 g/mol. The third-order valence-electron chi connectivity index (χ3n) is 3.77. The maximum absolute atomic E-state index is 11.5. The Morgan fingerprint density at radius 1 is 1.32 bits per heavy atom. The van der Waals surface area contributed by atoms with E-state index in [1.165, 1.54) is 24.3 Å². The van der Waals surface area contributed by atoms with Gasteiger partial charge in [0.2, 0.25) is 0 Å². The zero-order valence-corrected chi connectivity index (χ0v) is 13.2. The topological polar surface area (TPSA) is 49.8 Å². The highest BCUT2D eigenvalue weighted by molar-refractivity contribution is 5.85. The number of carboxylic acids is 1. The van der Waals surface area contributed by atoms with E-state index in [0.717, 1.165) is 0 Å². The summed E-state index contributed by atoms with van der Waals surface area (Å²) in [6, 6.07) is 10.9. The second-order valence-corrected chi connectivity index (χ2v) is 5.40. The molecule has 0 saturated heterocycles. The van der Waals surface area contributed by atoms with Gasteiger partial charge in [-0.05, 0) is 54.8 Å². The number of hydrogen-bond acceptors (Lipinski definition) is 3. The number of aliphatic carboxylic acids is 1. The summed E-state index contributed by atoms with van der Waals surface area (Å²) in [5.41, 5.74) is 1.69. The first-order valence-electron chi connectivity index (χ1n) is 12.6. The predicted octanol–water partition coefficient (Wildman–Crippen LogP) is 3.59. The maximum atomic E-state index is 11.5. The molecule has 0 fully saturated rings. The van der Waals surface area contributed by atoms with Crippen LogP contribution >= 0.6 is 0 Å². The van der Waals surface area contributed by atoms with Crippen LogP contribution in [0.2, 0.25) is 0 Å². The standard InChI is InChI=1S/C21H23NO3/c1-22(2)11-5-8-18-17-7-4-3-6-16(17)14-25-20-10-9-15(12-19(18)20)13-21(23)24/h3-4,6-10,12H,5,11,13-14H2,1-2H3,(H,23,24)/b18-8+/i1D3,2D3,11D2,13D2. The van der Waals surface area contributed by atoms with Crippen molar-refractivity contribution in [1.82, 2.24) is 4.90 Å². The highest BCUT2D eigenvalue weighted by atomic mass is 16.5. The molecule has 0 spiro atoms. The van der Waals surface area contributed by atoms with Crippen LogP contribution in [0.25, 0.3) is 5.57 Å². The Morgan fingerprint density at radius 2 is 2.16 bits per heavy atom. The van der Waals surface area contributed by atoms with Gasteiger partial charge in [-0.3, -0.25) is 4.79 Å². The molecule has 1 heterocycles. The Morgan fingerprint density at radius 3 is 2.96 bits per heavy atom. The molecule has 0 atom stereocenters. The lowest BCUT2D eigenvalue weighted by molar-refractivity contribution is -0.136. The van der Waals surface area contributed by atoms with Crippen LogP contribution in [-0.4, -0.2) is 36.4 Å². The molecule has 2 aromatic carbocycles. The Labute approximate surface area is 162 Å². The van der Waals surface area contributed by atoms with Gasteiger partial charge in [-0.2, -0.15) is 0 Å². The Bertz CT molecular complexity index is 1140. The minimum Gasteiger partial charge on any atom is -0.488 e. The van der Waals surface area contributed by atoms with E-state index < -0.39 is 39.2 Å². The first-order chi connectivity index (χ1) is 16.0. The second kappa shape index (κ2) is 7.53. The van der Waals surface area contributed by atoms with Gasteiger partial charge < -0.3 is 14.7 Å². The first kappa shape index (κ1) is 8.68. The second-order valence-electron chi connectivity index (χ2n) is 5.40. The van der Waals surface area contributed by atoms with Crippen LogP contribution in [-0.2, 0) is 17.8 Å². The van der Waals surface area contributed by atoms with E-state index >= 15 is 0 Å². The summed E-state index contributed by atoms with van der Waals surface area (Å²) in [6.07, 6.45) is -2.04. The monoisotopic (exact) mass is 347 g/mol. The van der Waals surface area contributed by atoms with Crippen molar-refractivity contribution in [1.29, 1.82) is 0 Å². The van der Waals surface area contributed by atoms with Gasteiger partial charge in [-0.1, -0.05) is 36.4 Å². The zero-order valence-electron chi connectivity index (χ0n) is 23.2. The van der Waals surface area contributed by atoms with Crippen molar-refractivity contribution >= 4 is 11.5 Å². The van der Waals surface area contributed by atoms with E-state index in [9.17, 15) is 9.90 Å². The molecule has 0 amide bonds. The van der Waals surface area contributed by atoms with E-state index in [2.05, 4.69) is 0 Å². The quantitative estimate of drug-likeness (QED) is 0.898. The fourth-order valence-electron chi connectivity index (χ4n) is 2.74. The fraction of sp³-hybridized carbons (Fsp3) is 0.286. The van der Waals surface area contributed by atoms with Crippen LogP contribution in [0.5, 0.6) is 5.75 Å². The number of nitrogens with zero attached hydrogens (tertiary/aromatic N) is 1. The van der Waals surface area contributed by atoms with Crippen molar-refractivity contribution in [2.45, 2.75) is 19.4 Å². The van der Waals surface area contributed by atoms with Crippen LogP contribution < -0.4 is 4.74 Å². The largest absolute Gasteiger partial charge is 0.488 e. The fourth-order valence-corrected chi connectivity index (χ4v) is 2.74. The molecule has 0 bridgehead atoms. The molecule has 0 aliphatic carbocycles. The van der Waals surface area contributed by atoms with E-state index in [-0.39, 0.29) is 28.4 Å². The van der Waals surface area contributed by atoms with E-state index in [4.69, 9.17) is 18.4 Å². The first-order valence-corrected chi connectivity index (χ1v) is 7.56. The van der Waals surface area contributed by atoms with Crippen LogP contribution in [0.15, 0.2) is 48.5 Å². The molecule has 1 aliphatic heterocycles. The van der Waals surface area contributed by atoms with Crippen molar-refractivity contribution in [2.24, 2.45) is 0 Å². The predicted molar refractivity (Wildman–Crippen MR) is 98.8 cm³/mol. The van der Waals surface area contributed by atoms with Crippen LogP contribution in [0, 0.1) is 0 Å². The van der Waals surface area contributed by atoms with Gasteiger partial charge in [-0.25, -0.2) is 0 Å². The highest BCUT2D eigenvalue weighted by Gasteiger charge is 2.19. The number of fused-ring (bicyclic) bond motifs is 2. The molecule has 1 N–H and O–H groups in total.